The van der Waals surface area contributed by atoms with Crippen LogP contribution in [0.3, 0.4) is 0 Å². The first-order valence-corrected chi connectivity index (χ1v) is 6.76. The topological polar surface area (TPSA) is 56.1 Å². The SMILES string of the molecule is CCCNC(=O)C(C)Oc1ccn(-c2ccccc2)n1. The molecule has 5 heteroatoms. The maximum Gasteiger partial charge on any atom is 0.260 e. The Kier molecular flexibility index (Phi) is 4.76. The summed E-state index contributed by atoms with van der Waals surface area (Å²) in [5, 5.41) is 7.09. The molecular weight excluding hydrogens is 254 g/mol. The lowest BCUT2D eigenvalue weighted by atomic mass is 10.3. The van der Waals surface area contributed by atoms with Crippen molar-refractivity contribution in [2.75, 3.05) is 6.54 Å². The Labute approximate surface area is 118 Å². The van der Waals surface area contributed by atoms with E-state index in [1.165, 1.54) is 0 Å². The lowest BCUT2D eigenvalue weighted by Gasteiger charge is -2.12. The van der Waals surface area contributed by atoms with Gasteiger partial charge in [0, 0.05) is 18.8 Å². The largest absolute Gasteiger partial charge is 0.463 e. The highest BCUT2D eigenvalue weighted by atomic mass is 16.5. The zero-order chi connectivity index (χ0) is 14.4. The Morgan fingerprint density at radius 2 is 2.10 bits per heavy atom. The number of para-hydroxylation sites is 1. The summed E-state index contributed by atoms with van der Waals surface area (Å²) in [5.41, 5.74) is 0.949. The predicted octanol–water partition coefficient (Wildman–Crippen LogP) is 2.17. The average molecular weight is 273 g/mol. The van der Waals surface area contributed by atoms with Gasteiger partial charge in [-0.05, 0) is 25.5 Å². The molecule has 1 aromatic carbocycles. The summed E-state index contributed by atoms with van der Waals surface area (Å²) in [6.45, 7) is 4.38. The molecule has 20 heavy (non-hydrogen) atoms. The van der Waals surface area contributed by atoms with E-state index in [1.807, 2.05) is 37.3 Å². The van der Waals surface area contributed by atoms with Crippen molar-refractivity contribution in [3.05, 3.63) is 42.6 Å². The number of nitrogens with zero attached hydrogens (tertiary/aromatic N) is 2. The van der Waals surface area contributed by atoms with Gasteiger partial charge in [0.25, 0.3) is 5.91 Å². The Morgan fingerprint density at radius 1 is 1.35 bits per heavy atom. The van der Waals surface area contributed by atoms with Crippen LogP contribution in [0.15, 0.2) is 42.6 Å². The van der Waals surface area contributed by atoms with E-state index in [2.05, 4.69) is 10.4 Å². The minimum Gasteiger partial charge on any atom is -0.463 e. The second-order valence-electron chi connectivity index (χ2n) is 4.49. The fourth-order valence-corrected chi connectivity index (χ4v) is 1.72. The molecule has 0 aliphatic rings. The van der Waals surface area contributed by atoms with Crippen LogP contribution in [-0.2, 0) is 4.79 Å². The normalized spacial score (nSPS) is 11.9. The zero-order valence-electron chi connectivity index (χ0n) is 11.7. The predicted molar refractivity (Wildman–Crippen MR) is 77.0 cm³/mol. The van der Waals surface area contributed by atoms with Crippen LogP contribution in [-0.4, -0.2) is 28.3 Å². The number of aromatic nitrogens is 2. The second-order valence-corrected chi connectivity index (χ2v) is 4.49. The summed E-state index contributed by atoms with van der Waals surface area (Å²) in [6, 6.07) is 11.5. The molecule has 1 heterocycles. The van der Waals surface area contributed by atoms with Gasteiger partial charge < -0.3 is 10.1 Å². The van der Waals surface area contributed by atoms with E-state index in [-0.39, 0.29) is 5.91 Å². The van der Waals surface area contributed by atoms with Crippen molar-refractivity contribution >= 4 is 5.91 Å². The maximum atomic E-state index is 11.7. The lowest BCUT2D eigenvalue weighted by Crippen LogP contribution is -2.36. The van der Waals surface area contributed by atoms with Gasteiger partial charge in [-0.25, -0.2) is 4.68 Å². The van der Waals surface area contributed by atoms with E-state index in [9.17, 15) is 4.79 Å². The molecule has 1 atom stereocenters. The van der Waals surface area contributed by atoms with Crippen LogP contribution in [0.2, 0.25) is 0 Å². The fraction of sp³-hybridized carbons (Fsp3) is 0.333. The summed E-state index contributed by atoms with van der Waals surface area (Å²) < 4.78 is 7.25. The first-order chi connectivity index (χ1) is 9.70. The highest BCUT2D eigenvalue weighted by Crippen LogP contribution is 2.12. The molecule has 1 unspecified atom stereocenters. The zero-order valence-corrected chi connectivity index (χ0v) is 11.7. The first kappa shape index (κ1) is 14.1. The Balaban J connectivity index is 1.98. The number of carbonyl (C=O) groups excluding carboxylic acids is 1. The second kappa shape index (κ2) is 6.75. The molecule has 0 saturated carbocycles. The number of hydrogen-bond donors (Lipinski definition) is 1. The van der Waals surface area contributed by atoms with Gasteiger partial charge in [-0.3, -0.25) is 4.79 Å². The molecule has 0 saturated heterocycles. The lowest BCUT2D eigenvalue weighted by molar-refractivity contribution is -0.127. The number of benzene rings is 1. The summed E-state index contributed by atoms with van der Waals surface area (Å²) in [4.78, 5) is 11.7. The monoisotopic (exact) mass is 273 g/mol. The van der Waals surface area contributed by atoms with Crippen LogP contribution in [0.4, 0.5) is 0 Å². The number of carbonyl (C=O) groups is 1. The fourth-order valence-electron chi connectivity index (χ4n) is 1.72. The van der Waals surface area contributed by atoms with Gasteiger partial charge >= 0.3 is 0 Å². The molecule has 0 radical (unpaired) electrons. The number of hydrogen-bond acceptors (Lipinski definition) is 3. The molecule has 2 rings (SSSR count). The van der Waals surface area contributed by atoms with Crippen LogP contribution in [0.1, 0.15) is 20.3 Å². The molecule has 0 aliphatic carbocycles. The van der Waals surface area contributed by atoms with E-state index in [4.69, 9.17) is 4.74 Å². The van der Waals surface area contributed by atoms with Gasteiger partial charge in [-0.15, -0.1) is 5.10 Å². The van der Waals surface area contributed by atoms with E-state index >= 15 is 0 Å². The minimum atomic E-state index is -0.555. The van der Waals surface area contributed by atoms with Crippen molar-refractivity contribution in [3.8, 4) is 11.6 Å². The van der Waals surface area contributed by atoms with Crippen molar-refractivity contribution in [2.45, 2.75) is 26.4 Å². The van der Waals surface area contributed by atoms with Gasteiger partial charge in [0.1, 0.15) is 0 Å². The summed E-state index contributed by atoms with van der Waals surface area (Å²) in [5.74, 6) is 0.314. The molecule has 1 N–H and O–H groups in total. The smallest absolute Gasteiger partial charge is 0.260 e. The molecule has 1 aromatic heterocycles. The van der Waals surface area contributed by atoms with Crippen LogP contribution in [0.25, 0.3) is 5.69 Å². The van der Waals surface area contributed by atoms with Gasteiger partial charge in [0.2, 0.25) is 5.88 Å². The highest BCUT2D eigenvalue weighted by molar-refractivity contribution is 5.80. The molecule has 106 valence electrons. The van der Waals surface area contributed by atoms with Crippen LogP contribution in [0.5, 0.6) is 5.88 Å². The summed E-state index contributed by atoms with van der Waals surface area (Å²) in [6.07, 6.45) is 2.16. The molecule has 2 aromatic rings. The minimum absolute atomic E-state index is 0.124. The van der Waals surface area contributed by atoms with Crippen LogP contribution in [0, 0.1) is 0 Å². The third kappa shape index (κ3) is 3.60. The molecule has 1 amide bonds. The van der Waals surface area contributed by atoms with Crippen molar-refractivity contribution in [1.82, 2.24) is 15.1 Å². The van der Waals surface area contributed by atoms with Crippen LogP contribution < -0.4 is 10.1 Å². The Bertz CT molecular complexity index is 551. The Hall–Kier alpha value is -2.30. The Morgan fingerprint density at radius 3 is 2.80 bits per heavy atom. The third-order valence-electron chi connectivity index (χ3n) is 2.80. The molecule has 5 nitrogen and oxygen atoms in total. The summed E-state index contributed by atoms with van der Waals surface area (Å²) in [7, 11) is 0. The van der Waals surface area contributed by atoms with Gasteiger partial charge in [-0.2, -0.15) is 0 Å². The average Bonchev–Trinajstić information content (AvgIpc) is 2.94. The van der Waals surface area contributed by atoms with Gasteiger partial charge in [0.05, 0.1) is 5.69 Å². The molecule has 0 fully saturated rings. The van der Waals surface area contributed by atoms with Gasteiger partial charge in [0.15, 0.2) is 6.10 Å². The maximum absolute atomic E-state index is 11.7. The van der Waals surface area contributed by atoms with Crippen molar-refractivity contribution in [3.63, 3.8) is 0 Å². The van der Waals surface area contributed by atoms with Crippen molar-refractivity contribution in [2.24, 2.45) is 0 Å². The van der Waals surface area contributed by atoms with E-state index in [0.717, 1.165) is 12.1 Å². The van der Waals surface area contributed by atoms with E-state index in [1.54, 1.807) is 23.9 Å². The van der Waals surface area contributed by atoms with E-state index in [0.29, 0.717) is 12.4 Å². The summed E-state index contributed by atoms with van der Waals surface area (Å²) >= 11 is 0. The number of rotatable bonds is 6. The molecular formula is C15H19N3O2. The number of amides is 1. The van der Waals surface area contributed by atoms with Gasteiger partial charge in [-0.1, -0.05) is 25.1 Å². The van der Waals surface area contributed by atoms with E-state index < -0.39 is 6.10 Å². The standard InChI is InChI=1S/C15H19N3O2/c1-3-10-16-15(19)12(2)20-14-9-11-18(17-14)13-7-5-4-6-8-13/h4-9,11-12H,3,10H2,1-2H3,(H,16,19). The third-order valence-corrected chi connectivity index (χ3v) is 2.80. The quantitative estimate of drug-likeness (QED) is 0.877. The molecule has 0 spiro atoms. The number of ether oxygens (including phenoxy) is 1. The van der Waals surface area contributed by atoms with Crippen molar-refractivity contribution in [1.29, 1.82) is 0 Å². The van der Waals surface area contributed by atoms with Crippen LogP contribution >= 0.6 is 0 Å². The molecule has 0 aliphatic heterocycles. The van der Waals surface area contributed by atoms with Crippen molar-refractivity contribution < 1.29 is 9.53 Å². The number of nitrogens with one attached hydrogen (secondary N) is 1. The first-order valence-electron chi connectivity index (χ1n) is 6.76. The molecule has 0 bridgehead atoms. The highest BCUT2D eigenvalue weighted by Gasteiger charge is 2.15.